The highest BCUT2D eigenvalue weighted by Gasteiger charge is 2.03. The number of rotatable bonds is 1. The first-order valence-electron chi connectivity index (χ1n) is 4.07. The zero-order chi connectivity index (χ0) is 9.10. The van der Waals surface area contributed by atoms with Crippen LogP contribution in [0.3, 0.4) is 0 Å². The van der Waals surface area contributed by atoms with Crippen molar-refractivity contribution in [2.75, 3.05) is 0 Å². The van der Waals surface area contributed by atoms with Crippen molar-refractivity contribution in [3.05, 3.63) is 54.0 Å². The van der Waals surface area contributed by atoms with E-state index in [1.807, 2.05) is 18.2 Å². The first-order valence-corrected chi connectivity index (χ1v) is 4.07. The van der Waals surface area contributed by atoms with Gasteiger partial charge < -0.3 is 0 Å². The molecular formula is C11H8FN. The van der Waals surface area contributed by atoms with Gasteiger partial charge in [0.05, 0.1) is 5.69 Å². The van der Waals surface area contributed by atoms with E-state index >= 15 is 0 Å². The molecule has 0 aliphatic heterocycles. The maximum absolute atomic E-state index is 12.6. The van der Waals surface area contributed by atoms with Crippen LogP contribution in [-0.4, -0.2) is 11.2 Å². The van der Waals surface area contributed by atoms with Gasteiger partial charge in [-0.05, 0) is 30.4 Å². The zero-order valence-electron chi connectivity index (χ0n) is 6.94. The van der Waals surface area contributed by atoms with Gasteiger partial charge in [-0.3, -0.25) is 4.98 Å². The molecule has 0 saturated carbocycles. The maximum atomic E-state index is 12.6. The number of aromatic nitrogens is 1. The van der Waals surface area contributed by atoms with Gasteiger partial charge in [-0.15, -0.1) is 5.73 Å². The molecule has 1 aromatic heterocycles. The molecule has 2 heteroatoms. The first kappa shape index (κ1) is 7.96. The molecule has 0 spiro atoms. The Morgan fingerprint density at radius 1 is 1.38 bits per heavy atom. The molecule has 0 amide bonds. The van der Waals surface area contributed by atoms with Crippen molar-refractivity contribution in [3.8, 4) is 0 Å². The second kappa shape index (κ2) is 3.38. The second-order valence-electron chi connectivity index (χ2n) is 2.74. The summed E-state index contributed by atoms with van der Waals surface area (Å²) in [6.07, 6.45) is 5.28. The molecule has 0 bridgehead atoms. The van der Waals surface area contributed by atoms with Crippen molar-refractivity contribution in [2.24, 2.45) is 0 Å². The number of hydrogen-bond donors (Lipinski definition) is 0. The van der Waals surface area contributed by atoms with Gasteiger partial charge in [-0.25, -0.2) is 4.39 Å². The topological polar surface area (TPSA) is 12.9 Å². The Hall–Kier alpha value is -1.66. The number of halogens is 1. The predicted octanol–water partition coefficient (Wildman–Crippen LogP) is 2.53. The fraction of sp³-hybridized carbons (Fsp3) is 0.0909. The number of nitrogens with zero attached hydrogens (tertiary/aromatic N) is 1. The summed E-state index contributed by atoms with van der Waals surface area (Å²) in [6, 6.07) is 5.61. The molecule has 0 N–H and O–H groups in total. The van der Waals surface area contributed by atoms with Crippen LogP contribution in [-0.2, 0) is 0 Å². The van der Waals surface area contributed by atoms with Crippen LogP contribution in [0.15, 0.2) is 48.4 Å². The summed E-state index contributed by atoms with van der Waals surface area (Å²) < 4.78 is 12.6. The molecule has 1 aromatic rings. The lowest BCUT2D eigenvalue weighted by atomic mass is 10.1. The maximum Gasteiger partial charge on any atom is 0.144 e. The van der Waals surface area contributed by atoms with Gasteiger partial charge >= 0.3 is 0 Å². The summed E-state index contributed by atoms with van der Waals surface area (Å²) in [7, 11) is 0. The number of allylic oxidation sites excluding steroid dienone is 3. The average molecular weight is 173 g/mol. The highest BCUT2D eigenvalue weighted by molar-refractivity contribution is 5.72. The van der Waals surface area contributed by atoms with Crippen LogP contribution in [0.25, 0.3) is 5.57 Å². The third-order valence-electron chi connectivity index (χ3n) is 1.79. The highest BCUT2D eigenvalue weighted by atomic mass is 19.1. The van der Waals surface area contributed by atoms with Crippen molar-refractivity contribution in [1.29, 1.82) is 0 Å². The van der Waals surface area contributed by atoms with E-state index in [1.165, 1.54) is 12.2 Å². The molecule has 1 nitrogen and oxygen atoms in total. The Bertz CT molecular complexity index is 386. The minimum absolute atomic E-state index is 0.821. The van der Waals surface area contributed by atoms with Gasteiger partial charge in [0.15, 0.2) is 0 Å². The van der Waals surface area contributed by atoms with Crippen molar-refractivity contribution in [2.45, 2.75) is 6.17 Å². The molecule has 1 unspecified atom stereocenters. The molecule has 64 valence electrons. The molecule has 13 heavy (non-hydrogen) atoms. The Kier molecular flexibility index (Phi) is 2.07. The Labute approximate surface area is 75.9 Å². The standard InChI is InChI=1S/C11H8FN/c12-10-6-4-9(5-7-10)11-3-1-2-8-13-11/h1-4,6-8,10H. The molecular weight excluding hydrogens is 165 g/mol. The van der Waals surface area contributed by atoms with E-state index in [0.717, 1.165) is 11.3 Å². The molecule has 2 rings (SSSR count). The Morgan fingerprint density at radius 3 is 2.92 bits per heavy atom. The molecule has 0 saturated heterocycles. The quantitative estimate of drug-likeness (QED) is 0.594. The minimum Gasteiger partial charge on any atom is -0.256 e. The molecule has 0 fully saturated rings. The van der Waals surface area contributed by atoms with E-state index in [2.05, 4.69) is 10.7 Å². The summed E-state index contributed by atoms with van der Waals surface area (Å²) in [5.74, 6) is 0. The lowest BCUT2D eigenvalue weighted by Crippen LogP contribution is -1.93. The fourth-order valence-electron chi connectivity index (χ4n) is 1.14. The van der Waals surface area contributed by atoms with Crippen LogP contribution < -0.4 is 0 Å². The smallest absolute Gasteiger partial charge is 0.144 e. The SMILES string of the molecule is FC1C=C=C(c2ccccn2)C=C1. The van der Waals surface area contributed by atoms with Crippen LogP contribution in [0, 0.1) is 0 Å². The molecule has 0 radical (unpaired) electrons. The Balaban J connectivity index is 2.40. The van der Waals surface area contributed by atoms with Crippen LogP contribution in [0.1, 0.15) is 5.69 Å². The Morgan fingerprint density at radius 2 is 2.31 bits per heavy atom. The monoisotopic (exact) mass is 173 g/mol. The molecule has 0 aromatic carbocycles. The summed E-state index contributed by atoms with van der Waals surface area (Å²) in [6.45, 7) is 0. The van der Waals surface area contributed by atoms with Crippen LogP contribution >= 0.6 is 0 Å². The van der Waals surface area contributed by atoms with Crippen molar-refractivity contribution in [3.63, 3.8) is 0 Å². The first-order chi connectivity index (χ1) is 6.36. The summed E-state index contributed by atoms with van der Waals surface area (Å²) >= 11 is 0. The molecule has 1 heterocycles. The largest absolute Gasteiger partial charge is 0.256 e. The average Bonchev–Trinajstić information content (AvgIpc) is 2.20. The minimum atomic E-state index is -1.01. The summed E-state index contributed by atoms with van der Waals surface area (Å²) in [5, 5.41) is 0. The zero-order valence-corrected chi connectivity index (χ0v) is 6.94. The van der Waals surface area contributed by atoms with Gasteiger partial charge in [0, 0.05) is 11.8 Å². The van der Waals surface area contributed by atoms with Gasteiger partial charge in [0.1, 0.15) is 6.17 Å². The lowest BCUT2D eigenvalue weighted by molar-refractivity contribution is 0.469. The van der Waals surface area contributed by atoms with E-state index in [4.69, 9.17) is 0 Å². The van der Waals surface area contributed by atoms with E-state index in [0.29, 0.717) is 0 Å². The molecule has 1 aliphatic carbocycles. The van der Waals surface area contributed by atoms with Gasteiger partial charge in [-0.2, -0.15) is 0 Å². The van der Waals surface area contributed by atoms with Crippen molar-refractivity contribution in [1.82, 2.24) is 4.98 Å². The normalized spacial score (nSPS) is 20.1. The lowest BCUT2D eigenvalue weighted by Gasteiger charge is -2.02. The number of alkyl halides is 1. The molecule has 1 aliphatic rings. The highest BCUT2D eigenvalue weighted by Crippen LogP contribution is 2.15. The van der Waals surface area contributed by atoms with E-state index in [9.17, 15) is 4.39 Å². The van der Waals surface area contributed by atoms with Crippen LogP contribution in [0.2, 0.25) is 0 Å². The predicted molar refractivity (Wildman–Crippen MR) is 49.8 cm³/mol. The van der Waals surface area contributed by atoms with E-state index < -0.39 is 6.17 Å². The number of pyridine rings is 1. The van der Waals surface area contributed by atoms with Gasteiger partial charge in [-0.1, -0.05) is 6.07 Å². The molecule has 1 atom stereocenters. The van der Waals surface area contributed by atoms with Gasteiger partial charge in [0.2, 0.25) is 0 Å². The summed E-state index contributed by atoms with van der Waals surface area (Å²) in [4.78, 5) is 4.13. The van der Waals surface area contributed by atoms with Crippen molar-refractivity contribution >= 4 is 5.57 Å². The summed E-state index contributed by atoms with van der Waals surface area (Å²) in [5.41, 5.74) is 4.50. The third-order valence-corrected chi connectivity index (χ3v) is 1.79. The fourth-order valence-corrected chi connectivity index (χ4v) is 1.14. The van der Waals surface area contributed by atoms with E-state index in [1.54, 1.807) is 12.3 Å². The second-order valence-corrected chi connectivity index (χ2v) is 2.74. The number of hydrogen-bond acceptors (Lipinski definition) is 1. The van der Waals surface area contributed by atoms with E-state index in [-0.39, 0.29) is 0 Å². The third kappa shape index (κ3) is 1.74. The van der Waals surface area contributed by atoms with Gasteiger partial charge in [0.25, 0.3) is 0 Å². The van der Waals surface area contributed by atoms with Crippen LogP contribution in [0.4, 0.5) is 4.39 Å². The van der Waals surface area contributed by atoms with Crippen molar-refractivity contribution < 1.29 is 4.39 Å². The van der Waals surface area contributed by atoms with Crippen LogP contribution in [0.5, 0.6) is 0 Å².